The predicted octanol–water partition coefficient (Wildman–Crippen LogP) is 5.95. The fourth-order valence-corrected chi connectivity index (χ4v) is 6.95. The number of ether oxygens (including phenoxy) is 2. The second kappa shape index (κ2) is 11.6. The van der Waals surface area contributed by atoms with Crippen molar-refractivity contribution in [1.82, 2.24) is 4.57 Å². The summed E-state index contributed by atoms with van der Waals surface area (Å²) in [4.78, 5) is 30.9. The Morgan fingerprint density at radius 1 is 1.02 bits per heavy atom. The molecule has 1 aliphatic heterocycles. The molecule has 1 atom stereocenters. The number of nitro benzene ring substituents is 1. The number of methoxy groups -OCH3 is 1. The summed E-state index contributed by atoms with van der Waals surface area (Å²) in [6.45, 7) is 0.0341. The number of allylic oxidation sites excluding steroid dienone is 1. The number of hydrogen-bond acceptors (Lipinski definition) is 7. The number of nitrogens with zero attached hydrogens (tertiary/aromatic N) is 3. The molecule has 10 heteroatoms. The van der Waals surface area contributed by atoms with Crippen LogP contribution in [0.3, 0.4) is 0 Å². The van der Waals surface area contributed by atoms with E-state index in [0.717, 1.165) is 23.3 Å². The molecule has 0 bridgehead atoms. The van der Waals surface area contributed by atoms with Crippen LogP contribution in [0.25, 0.3) is 11.8 Å². The number of nitro groups is 1. The molecule has 0 saturated carbocycles. The van der Waals surface area contributed by atoms with Crippen LogP contribution in [0.15, 0.2) is 106 Å². The molecule has 0 saturated heterocycles. The molecular weight excluding hydrogens is 593 g/mol. The molecule has 0 fully saturated rings. The van der Waals surface area contributed by atoms with E-state index in [2.05, 4.69) is 6.07 Å². The monoisotopic (exact) mass is 619 g/mol. The molecule has 4 aromatic carbocycles. The second-order valence-electron chi connectivity index (χ2n) is 10.8. The van der Waals surface area contributed by atoms with Crippen molar-refractivity contribution in [1.29, 1.82) is 0 Å². The van der Waals surface area contributed by atoms with Crippen molar-refractivity contribution in [2.24, 2.45) is 4.99 Å². The Labute approximate surface area is 260 Å². The first-order valence-electron chi connectivity index (χ1n) is 14.3. The lowest BCUT2D eigenvalue weighted by molar-refractivity contribution is -0.384. The fraction of sp³-hybridized carbons (Fsp3) is 0.143. The van der Waals surface area contributed by atoms with E-state index in [0.29, 0.717) is 43.9 Å². The Kier molecular flexibility index (Phi) is 7.34. The minimum absolute atomic E-state index is 0.0330. The van der Waals surface area contributed by atoms with Gasteiger partial charge < -0.3 is 9.47 Å². The normalized spacial score (nSPS) is 15.5. The van der Waals surface area contributed by atoms with Gasteiger partial charge >= 0.3 is 0 Å². The zero-order valence-electron chi connectivity index (χ0n) is 24.1. The zero-order valence-corrected chi connectivity index (χ0v) is 24.9. The Bertz CT molecular complexity index is 2200. The van der Waals surface area contributed by atoms with Gasteiger partial charge in [-0.3, -0.25) is 19.5 Å². The lowest BCUT2D eigenvalue weighted by atomic mass is 9.83. The first kappa shape index (κ1) is 28.4. The maximum atomic E-state index is 14.1. The molecule has 0 amide bonds. The number of fused-ring (bicyclic) bond motifs is 3. The quantitative estimate of drug-likeness (QED) is 0.166. The van der Waals surface area contributed by atoms with E-state index in [1.54, 1.807) is 59.2 Å². The smallest absolute Gasteiger partial charge is 0.271 e. The van der Waals surface area contributed by atoms with Crippen molar-refractivity contribution in [2.75, 3.05) is 7.11 Å². The van der Waals surface area contributed by atoms with E-state index < -0.39 is 11.0 Å². The first-order chi connectivity index (χ1) is 21.9. The molecule has 0 spiro atoms. The highest BCUT2D eigenvalue weighted by Crippen LogP contribution is 2.41. The van der Waals surface area contributed by atoms with Crippen LogP contribution in [0.5, 0.6) is 11.5 Å². The molecule has 5 aromatic rings. The van der Waals surface area contributed by atoms with Crippen LogP contribution in [0.4, 0.5) is 10.1 Å². The molecular formula is C35H26FN3O5S. The average Bonchev–Trinajstić information content (AvgIpc) is 3.37. The molecule has 2 heterocycles. The van der Waals surface area contributed by atoms with Crippen molar-refractivity contribution in [2.45, 2.75) is 25.5 Å². The molecule has 8 nitrogen and oxygen atoms in total. The Hall–Kier alpha value is -5.35. The third kappa shape index (κ3) is 5.23. The highest BCUT2D eigenvalue weighted by Gasteiger charge is 2.33. The van der Waals surface area contributed by atoms with Gasteiger partial charge in [-0.1, -0.05) is 72.0 Å². The number of thiazole rings is 1. The predicted molar refractivity (Wildman–Crippen MR) is 170 cm³/mol. The van der Waals surface area contributed by atoms with Crippen molar-refractivity contribution in [3.8, 4) is 11.5 Å². The minimum atomic E-state index is -0.532. The molecule has 0 unspecified atom stereocenters. The van der Waals surface area contributed by atoms with Gasteiger partial charge in [0.05, 0.1) is 28.3 Å². The van der Waals surface area contributed by atoms with Crippen molar-refractivity contribution >= 4 is 28.8 Å². The zero-order chi connectivity index (χ0) is 31.1. The van der Waals surface area contributed by atoms with Crippen molar-refractivity contribution < 1.29 is 18.8 Å². The topological polar surface area (TPSA) is 96.0 Å². The third-order valence-electron chi connectivity index (χ3n) is 8.10. The summed E-state index contributed by atoms with van der Waals surface area (Å²) < 4.78 is 27.6. The molecule has 2 aliphatic rings. The molecule has 7 rings (SSSR count). The third-order valence-corrected chi connectivity index (χ3v) is 9.08. The minimum Gasteiger partial charge on any atom is -0.493 e. The van der Waals surface area contributed by atoms with Crippen LogP contribution in [0.1, 0.15) is 40.3 Å². The van der Waals surface area contributed by atoms with Crippen LogP contribution in [0, 0.1) is 15.9 Å². The molecule has 1 aliphatic carbocycles. The van der Waals surface area contributed by atoms with Gasteiger partial charge in [0, 0.05) is 23.3 Å². The van der Waals surface area contributed by atoms with Gasteiger partial charge in [0.15, 0.2) is 16.3 Å². The summed E-state index contributed by atoms with van der Waals surface area (Å²) >= 11 is 1.27. The Morgan fingerprint density at radius 3 is 2.67 bits per heavy atom. The molecule has 45 heavy (non-hydrogen) atoms. The van der Waals surface area contributed by atoms with E-state index in [9.17, 15) is 19.3 Å². The molecule has 224 valence electrons. The van der Waals surface area contributed by atoms with Crippen LogP contribution in [-0.4, -0.2) is 16.6 Å². The summed E-state index contributed by atoms with van der Waals surface area (Å²) in [6, 6.07) is 25.7. The summed E-state index contributed by atoms with van der Waals surface area (Å²) in [6.07, 6.45) is 3.23. The maximum Gasteiger partial charge on any atom is 0.271 e. The Morgan fingerprint density at radius 2 is 1.84 bits per heavy atom. The lowest BCUT2D eigenvalue weighted by Gasteiger charge is -2.30. The van der Waals surface area contributed by atoms with E-state index in [1.807, 2.05) is 24.3 Å². The van der Waals surface area contributed by atoms with Gasteiger partial charge in [0.1, 0.15) is 12.4 Å². The van der Waals surface area contributed by atoms with E-state index in [-0.39, 0.29) is 23.7 Å². The van der Waals surface area contributed by atoms with Gasteiger partial charge in [-0.2, -0.15) is 0 Å². The summed E-state index contributed by atoms with van der Waals surface area (Å²) in [5.41, 5.74) is 5.50. The maximum absolute atomic E-state index is 14.1. The van der Waals surface area contributed by atoms with Gasteiger partial charge in [-0.25, -0.2) is 9.38 Å². The number of non-ortho nitro benzene ring substituents is 1. The van der Waals surface area contributed by atoms with Gasteiger partial charge in [0.25, 0.3) is 11.2 Å². The largest absolute Gasteiger partial charge is 0.493 e. The van der Waals surface area contributed by atoms with Gasteiger partial charge in [-0.05, 0) is 59.4 Å². The summed E-state index contributed by atoms with van der Waals surface area (Å²) in [7, 11) is 1.52. The van der Waals surface area contributed by atoms with Crippen LogP contribution < -0.4 is 24.4 Å². The molecule has 1 aromatic heterocycles. The highest BCUT2D eigenvalue weighted by molar-refractivity contribution is 7.07. The number of hydrogen-bond donors (Lipinski definition) is 0. The number of aryl methyl sites for hydroxylation is 1. The van der Waals surface area contributed by atoms with Gasteiger partial charge in [0.2, 0.25) is 0 Å². The van der Waals surface area contributed by atoms with E-state index in [4.69, 9.17) is 14.5 Å². The van der Waals surface area contributed by atoms with E-state index >= 15 is 0 Å². The fourth-order valence-electron chi connectivity index (χ4n) is 5.95. The highest BCUT2D eigenvalue weighted by atomic mass is 32.1. The lowest BCUT2D eigenvalue weighted by Crippen LogP contribution is -2.38. The van der Waals surface area contributed by atoms with Crippen molar-refractivity contribution in [3.05, 3.63) is 160 Å². The summed E-state index contributed by atoms with van der Waals surface area (Å²) in [5.74, 6) is 0.530. The van der Waals surface area contributed by atoms with Crippen LogP contribution in [-0.2, 0) is 13.0 Å². The number of aromatic nitrogens is 1. The van der Waals surface area contributed by atoms with Crippen molar-refractivity contribution in [3.63, 3.8) is 0 Å². The van der Waals surface area contributed by atoms with Gasteiger partial charge in [-0.15, -0.1) is 0 Å². The number of halogens is 1. The number of rotatable bonds is 7. The first-order valence-corrected chi connectivity index (χ1v) is 15.1. The summed E-state index contributed by atoms with van der Waals surface area (Å²) in [5, 5.41) is 11.7. The average molecular weight is 620 g/mol. The second-order valence-corrected chi connectivity index (χ2v) is 11.8. The van der Waals surface area contributed by atoms with E-state index in [1.165, 1.54) is 36.1 Å². The molecule has 0 radical (unpaired) electrons. The SMILES string of the molecule is COc1cc(/C=c2/sc3n(c2=O)[C@@H](c2cccc([N+](=O)[O-])c2)C2=C(N=3)c3ccccc3CC2)ccc1OCc1ccccc1F. The standard InChI is InChI=1S/C35H26FN3O5S/c1-43-30-17-21(13-16-29(30)44-20-24-8-3-5-12-28(24)36)18-31-34(40)38-33(23-9-6-10-25(19-23)39(41)42)27-15-14-22-7-2-4-11-26(22)32(27)37-35(38)45-31/h2-13,16-19,33H,14-15,20H2,1H3/b31-18+/t33-/m0/s1. The van der Waals surface area contributed by atoms with Crippen LogP contribution >= 0.6 is 11.3 Å². The van der Waals surface area contributed by atoms with Crippen LogP contribution in [0.2, 0.25) is 0 Å². The molecule has 0 N–H and O–H groups in total. The number of benzene rings is 4. The Balaban J connectivity index is 1.32.